The van der Waals surface area contributed by atoms with E-state index in [0.29, 0.717) is 57.7 Å². The van der Waals surface area contributed by atoms with Crippen molar-refractivity contribution in [1.29, 1.82) is 0 Å². The summed E-state index contributed by atoms with van der Waals surface area (Å²) < 4.78 is 42.4. The molecule has 1 N–H and O–H groups in total. The fourth-order valence-electron chi connectivity index (χ4n) is 5.22. The largest absolute Gasteiger partial charge is 0.378 e. The molecule has 2 aromatic carbocycles. The van der Waals surface area contributed by atoms with Gasteiger partial charge >= 0.3 is 5.69 Å². The summed E-state index contributed by atoms with van der Waals surface area (Å²) >= 11 is 2.25. The monoisotopic (exact) mass is 645 g/mol. The molecule has 1 fully saturated rings. The van der Waals surface area contributed by atoms with E-state index in [2.05, 4.69) is 33.0 Å². The first kappa shape index (κ1) is 25.9. The van der Waals surface area contributed by atoms with E-state index in [-0.39, 0.29) is 17.5 Å². The molecule has 1 saturated heterocycles. The summed E-state index contributed by atoms with van der Waals surface area (Å²) in [4.78, 5) is 14.0. The number of rotatable bonds is 5. The van der Waals surface area contributed by atoms with E-state index < -0.39 is 11.5 Å². The molecule has 9 nitrogen and oxygen atoms in total. The van der Waals surface area contributed by atoms with E-state index in [0.717, 1.165) is 11.3 Å². The summed E-state index contributed by atoms with van der Waals surface area (Å²) in [5.74, 6) is -0.315. The van der Waals surface area contributed by atoms with Crippen molar-refractivity contribution in [2.24, 2.45) is 7.05 Å². The van der Waals surface area contributed by atoms with Gasteiger partial charge in [0.2, 0.25) is 0 Å². The first-order valence-electron chi connectivity index (χ1n) is 12.5. The van der Waals surface area contributed by atoms with Gasteiger partial charge in [-0.2, -0.15) is 10.2 Å². The Morgan fingerprint density at radius 3 is 2.56 bits per heavy atom. The molecule has 12 heteroatoms. The van der Waals surface area contributed by atoms with Crippen molar-refractivity contribution in [3.8, 4) is 17.2 Å². The highest BCUT2D eigenvalue weighted by atomic mass is 127. The molecular formula is C27H26F2IN7O2. The van der Waals surface area contributed by atoms with Gasteiger partial charge in [0.05, 0.1) is 53.4 Å². The Morgan fingerprint density at radius 2 is 1.87 bits per heavy atom. The zero-order valence-electron chi connectivity index (χ0n) is 21.6. The molecule has 5 aromatic rings. The minimum absolute atomic E-state index is 0.119. The SMILES string of the molecule is Cc1cc(-n2nc(CI)c([C@@H]3COCCN3)c2-n2ccn(-c3ccc4c(cnn4C)c3F)c2=O)cc(C)c1F. The molecule has 39 heavy (non-hydrogen) atoms. The normalized spacial score (nSPS) is 15.9. The highest BCUT2D eigenvalue weighted by molar-refractivity contribution is 14.1. The number of imidazole rings is 1. The Kier molecular flexibility index (Phi) is 6.63. The van der Waals surface area contributed by atoms with Gasteiger partial charge in [-0.1, -0.05) is 22.6 Å². The maximum atomic E-state index is 15.6. The number of aromatic nitrogens is 6. The average molecular weight is 645 g/mol. The third kappa shape index (κ3) is 4.21. The number of hydrogen-bond acceptors (Lipinski definition) is 5. The molecule has 0 spiro atoms. The molecule has 0 amide bonds. The van der Waals surface area contributed by atoms with Gasteiger partial charge in [-0.25, -0.2) is 18.3 Å². The number of morpholine rings is 1. The molecule has 0 aliphatic carbocycles. The lowest BCUT2D eigenvalue weighted by atomic mass is 10.1. The van der Waals surface area contributed by atoms with Crippen LogP contribution >= 0.6 is 22.6 Å². The Hall–Kier alpha value is -3.36. The number of fused-ring (bicyclic) bond motifs is 1. The summed E-state index contributed by atoms with van der Waals surface area (Å²) in [6.07, 6.45) is 4.60. The van der Waals surface area contributed by atoms with Crippen LogP contribution in [0.4, 0.5) is 8.78 Å². The molecule has 1 aliphatic heterocycles. The third-order valence-electron chi connectivity index (χ3n) is 7.15. The molecule has 202 valence electrons. The number of aryl methyl sites for hydroxylation is 3. The van der Waals surface area contributed by atoms with Crippen LogP contribution in [0.3, 0.4) is 0 Å². The number of nitrogens with zero attached hydrogens (tertiary/aromatic N) is 6. The van der Waals surface area contributed by atoms with Crippen LogP contribution in [0, 0.1) is 25.5 Å². The maximum Gasteiger partial charge on any atom is 0.338 e. The van der Waals surface area contributed by atoms with Crippen LogP contribution in [0.15, 0.2) is 47.7 Å². The van der Waals surface area contributed by atoms with Gasteiger partial charge in [0.1, 0.15) is 11.6 Å². The van der Waals surface area contributed by atoms with Crippen molar-refractivity contribution < 1.29 is 13.5 Å². The molecular weight excluding hydrogens is 619 g/mol. The van der Waals surface area contributed by atoms with Crippen molar-refractivity contribution in [3.05, 3.63) is 87.4 Å². The van der Waals surface area contributed by atoms with Gasteiger partial charge in [0, 0.05) is 36.0 Å². The molecule has 1 atom stereocenters. The summed E-state index contributed by atoms with van der Waals surface area (Å²) in [5.41, 5.74) is 3.43. The fourth-order valence-corrected chi connectivity index (χ4v) is 5.78. The predicted molar refractivity (Wildman–Crippen MR) is 151 cm³/mol. The minimum atomic E-state index is -0.533. The number of alkyl halides is 1. The van der Waals surface area contributed by atoms with Gasteiger partial charge in [-0.3, -0.25) is 13.8 Å². The van der Waals surface area contributed by atoms with Gasteiger partial charge in [0.25, 0.3) is 0 Å². The van der Waals surface area contributed by atoms with Gasteiger partial charge in [-0.15, -0.1) is 0 Å². The molecule has 1 aliphatic rings. The number of nitrogens with one attached hydrogen (secondary N) is 1. The van der Waals surface area contributed by atoms with Crippen molar-refractivity contribution in [2.45, 2.75) is 24.3 Å². The molecule has 0 saturated carbocycles. The molecule has 0 bridgehead atoms. The van der Waals surface area contributed by atoms with E-state index >= 15 is 4.39 Å². The zero-order chi connectivity index (χ0) is 27.4. The third-order valence-corrected chi connectivity index (χ3v) is 7.87. The second-order valence-corrected chi connectivity index (χ2v) is 10.4. The lowest BCUT2D eigenvalue weighted by molar-refractivity contribution is 0.0766. The molecule has 3 aromatic heterocycles. The average Bonchev–Trinajstić information content (AvgIpc) is 3.62. The van der Waals surface area contributed by atoms with Crippen LogP contribution < -0.4 is 11.0 Å². The van der Waals surface area contributed by atoms with Gasteiger partial charge < -0.3 is 10.1 Å². The first-order chi connectivity index (χ1) is 18.8. The van der Waals surface area contributed by atoms with E-state index in [4.69, 9.17) is 9.84 Å². The van der Waals surface area contributed by atoms with Crippen LogP contribution in [-0.2, 0) is 16.2 Å². The summed E-state index contributed by atoms with van der Waals surface area (Å²) in [7, 11) is 1.74. The Labute approximate surface area is 236 Å². The minimum Gasteiger partial charge on any atom is -0.378 e. The van der Waals surface area contributed by atoms with Crippen molar-refractivity contribution in [1.82, 2.24) is 34.0 Å². The smallest absolute Gasteiger partial charge is 0.338 e. The number of benzene rings is 2. The second kappa shape index (κ2) is 9.99. The lowest BCUT2D eigenvalue weighted by Gasteiger charge is -2.25. The van der Waals surface area contributed by atoms with Crippen LogP contribution in [0.5, 0.6) is 0 Å². The number of halogens is 3. The zero-order valence-corrected chi connectivity index (χ0v) is 23.7. The maximum absolute atomic E-state index is 15.6. The van der Waals surface area contributed by atoms with Crippen LogP contribution in [0.2, 0.25) is 0 Å². The second-order valence-electron chi connectivity index (χ2n) is 9.62. The highest BCUT2D eigenvalue weighted by Crippen LogP contribution is 2.32. The number of hydrogen-bond donors (Lipinski definition) is 1. The van der Waals surface area contributed by atoms with E-state index in [1.165, 1.54) is 15.3 Å². The summed E-state index contributed by atoms with van der Waals surface area (Å²) in [6.45, 7) is 5.04. The summed E-state index contributed by atoms with van der Waals surface area (Å²) in [6, 6.07) is 6.52. The molecule has 0 radical (unpaired) electrons. The fraction of sp³-hybridized carbons (Fsp3) is 0.296. The van der Waals surface area contributed by atoms with Crippen molar-refractivity contribution in [2.75, 3.05) is 19.8 Å². The van der Waals surface area contributed by atoms with Crippen LogP contribution in [0.1, 0.15) is 28.4 Å². The van der Waals surface area contributed by atoms with E-state index in [1.54, 1.807) is 66.9 Å². The highest BCUT2D eigenvalue weighted by Gasteiger charge is 2.30. The Bertz CT molecular complexity index is 1760. The van der Waals surface area contributed by atoms with Gasteiger partial charge in [0.15, 0.2) is 5.82 Å². The van der Waals surface area contributed by atoms with Gasteiger partial charge in [-0.05, 0) is 49.2 Å². The first-order valence-corrected chi connectivity index (χ1v) is 14.0. The quantitative estimate of drug-likeness (QED) is 0.229. The van der Waals surface area contributed by atoms with E-state index in [1.807, 2.05) is 0 Å². The molecule has 4 heterocycles. The molecule has 0 unspecified atom stereocenters. The van der Waals surface area contributed by atoms with E-state index in [9.17, 15) is 9.18 Å². The van der Waals surface area contributed by atoms with Crippen molar-refractivity contribution in [3.63, 3.8) is 0 Å². The topological polar surface area (TPSA) is 83.8 Å². The Morgan fingerprint density at radius 1 is 1.13 bits per heavy atom. The number of ether oxygens (including phenoxy) is 1. The lowest BCUT2D eigenvalue weighted by Crippen LogP contribution is -2.36. The van der Waals surface area contributed by atoms with Crippen LogP contribution in [0.25, 0.3) is 28.1 Å². The van der Waals surface area contributed by atoms with Crippen molar-refractivity contribution >= 4 is 33.5 Å². The summed E-state index contributed by atoms with van der Waals surface area (Å²) in [5, 5.41) is 12.8. The standard InChI is InChI=1S/C27H26F2IN7O2/c1-15-10-17(11-16(2)24(15)28)37-26(23(19(12-30)33-37)20-14-39-9-6-31-20)36-8-7-35(27(36)38)22-5-4-21-18(25(22)29)13-32-34(21)3/h4-5,7-8,10-11,13,20,31H,6,9,12,14H2,1-3H3/t20-/m0/s1. The Balaban J connectivity index is 1.59. The van der Waals surface area contributed by atoms with Crippen LogP contribution in [-0.4, -0.2) is 48.5 Å². The predicted octanol–water partition coefficient (Wildman–Crippen LogP) is 4.19. The molecule has 6 rings (SSSR count).